The number of alkyl halides is 6. The van der Waals surface area contributed by atoms with Gasteiger partial charge in [0.2, 0.25) is 5.95 Å². The molecule has 1 aromatic rings. The molecular weight excluding hydrogens is 284 g/mol. The fourth-order valence-corrected chi connectivity index (χ4v) is 0.934. The number of amides is 2. The van der Waals surface area contributed by atoms with E-state index in [2.05, 4.69) is 9.97 Å². The van der Waals surface area contributed by atoms with Crippen molar-refractivity contribution in [3.05, 3.63) is 18.5 Å². The second-order valence-corrected chi connectivity index (χ2v) is 2.99. The molecule has 1 aromatic heterocycles. The number of aromatic nitrogens is 2. The Bertz CT molecular complexity index is 457. The van der Waals surface area contributed by atoms with Crippen molar-refractivity contribution in [2.45, 2.75) is 12.4 Å². The van der Waals surface area contributed by atoms with Gasteiger partial charge in [0.25, 0.3) is 0 Å². The Hall–Kier alpha value is -2.20. The standard InChI is InChI=1S/C8H3F6N3O2/c9-7(10,11)4(18)17(5(19)8(12,13)14)6-15-2-1-3-16-6/h1-3H. The fourth-order valence-electron chi connectivity index (χ4n) is 0.934. The molecule has 0 saturated carbocycles. The summed E-state index contributed by atoms with van der Waals surface area (Å²) in [5.74, 6) is -7.37. The van der Waals surface area contributed by atoms with Crippen molar-refractivity contribution in [2.24, 2.45) is 0 Å². The first-order valence-corrected chi connectivity index (χ1v) is 4.34. The summed E-state index contributed by atoms with van der Waals surface area (Å²) >= 11 is 0. The molecule has 104 valence electrons. The van der Waals surface area contributed by atoms with Gasteiger partial charge >= 0.3 is 24.2 Å². The van der Waals surface area contributed by atoms with Crippen molar-refractivity contribution in [1.82, 2.24) is 9.97 Å². The van der Waals surface area contributed by atoms with Gasteiger partial charge in [-0.1, -0.05) is 0 Å². The molecule has 1 rings (SSSR count). The molecular formula is C8H3F6N3O2. The summed E-state index contributed by atoms with van der Waals surface area (Å²) in [6, 6.07) is 1.08. The molecule has 0 unspecified atom stereocenters. The molecule has 0 N–H and O–H groups in total. The summed E-state index contributed by atoms with van der Waals surface area (Å²) in [5, 5.41) is 0. The Balaban J connectivity index is 3.28. The van der Waals surface area contributed by atoms with Crippen molar-refractivity contribution >= 4 is 17.8 Å². The van der Waals surface area contributed by atoms with Crippen LogP contribution >= 0.6 is 0 Å². The van der Waals surface area contributed by atoms with E-state index in [-0.39, 0.29) is 0 Å². The summed E-state index contributed by atoms with van der Waals surface area (Å²) in [4.78, 5) is 26.6. The Morgan fingerprint density at radius 2 is 1.26 bits per heavy atom. The molecule has 0 spiro atoms. The van der Waals surface area contributed by atoms with Gasteiger partial charge in [-0.15, -0.1) is 0 Å². The molecule has 0 atom stereocenters. The topological polar surface area (TPSA) is 63.2 Å². The molecule has 5 nitrogen and oxygen atoms in total. The number of hydrogen-bond acceptors (Lipinski definition) is 4. The lowest BCUT2D eigenvalue weighted by atomic mass is 10.4. The molecule has 0 bridgehead atoms. The molecule has 0 saturated heterocycles. The first kappa shape index (κ1) is 14.9. The third-order valence-electron chi connectivity index (χ3n) is 1.64. The highest BCUT2D eigenvalue weighted by atomic mass is 19.4. The van der Waals surface area contributed by atoms with Crippen LogP contribution in [0.15, 0.2) is 18.5 Å². The van der Waals surface area contributed by atoms with Crippen LogP contribution < -0.4 is 4.90 Å². The minimum Gasteiger partial charge on any atom is -0.263 e. The second-order valence-electron chi connectivity index (χ2n) is 2.99. The van der Waals surface area contributed by atoms with Gasteiger partial charge in [-0.3, -0.25) is 9.59 Å². The van der Waals surface area contributed by atoms with Gasteiger partial charge < -0.3 is 0 Å². The van der Waals surface area contributed by atoms with Crippen LogP contribution in [0.5, 0.6) is 0 Å². The largest absolute Gasteiger partial charge is 0.472 e. The average molecular weight is 287 g/mol. The van der Waals surface area contributed by atoms with Crippen LogP contribution in [0.1, 0.15) is 0 Å². The molecule has 0 aromatic carbocycles. The van der Waals surface area contributed by atoms with Crippen LogP contribution in [-0.2, 0) is 9.59 Å². The Labute approximate surface area is 100 Å². The van der Waals surface area contributed by atoms with E-state index in [0.29, 0.717) is 0 Å². The summed E-state index contributed by atoms with van der Waals surface area (Å²) in [7, 11) is 0. The van der Waals surface area contributed by atoms with Crippen molar-refractivity contribution in [3.63, 3.8) is 0 Å². The smallest absolute Gasteiger partial charge is 0.263 e. The second kappa shape index (κ2) is 4.82. The monoisotopic (exact) mass is 287 g/mol. The lowest BCUT2D eigenvalue weighted by Gasteiger charge is -2.20. The zero-order chi connectivity index (χ0) is 14.8. The van der Waals surface area contributed by atoms with Crippen LogP contribution in [-0.4, -0.2) is 34.1 Å². The van der Waals surface area contributed by atoms with Gasteiger partial charge in [0.05, 0.1) is 0 Å². The maximum atomic E-state index is 12.2. The lowest BCUT2D eigenvalue weighted by molar-refractivity contribution is -0.182. The predicted molar refractivity (Wildman–Crippen MR) is 46.6 cm³/mol. The van der Waals surface area contributed by atoms with Crippen molar-refractivity contribution in [2.75, 3.05) is 4.90 Å². The molecule has 0 radical (unpaired) electrons. The van der Waals surface area contributed by atoms with Gasteiger partial charge in [0.15, 0.2) is 0 Å². The highest BCUT2D eigenvalue weighted by Crippen LogP contribution is 2.26. The van der Waals surface area contributed by atoms with E-state index in [0.717, 1.165) is 18.5 Å². The third kappa shape index (κ3) is 3.39. The van der Waals surface area contributed by atoms with Crippen LogP contribution in [0.25, 0.3) is 0 Å². The first-order chi connectivity index (χ1) is 8.55. The van der Waals surface area contributed by atoms with Crippen molar-refractivity contribution < 1.29 is 35.9 Å². The van der Waals surface area contributed by atoms with E-state index >= 15 is 0 Å². The van der Waals surface area contributed by atoms with E-state index in [1.165, 1.54) is 0 Å². The van der Waals surface area contributed by atoms with Gasteiger partial charge in [-0.2, -0.15) is 26.3 Å². The molecule has 0 aliphatic rings. The summed E-state index contributed by atoms with van der Waals surface area (Å²) < 4.78 is 73.0. The average Bonchev–Trinajstić information content (AvgIpc) is 2.28. The predicted octanol–water partition coefficient (Wildman–Crippen LogP) is 1.46. The number of nitrogens with zero attached hydrogens (tertiary/aromatic N) is 3. The summed E-state index contributed by atoms with van der Waals surface area (Å²) in [6.07, 6.45) is -9.80. The highest BCUT2D eigenvalue weighted by Gasteiger charge is 2.53. The lowest BCUT2D eigenvalue weighted by Crippen LogP contribution is -2.51. The molecule has 2 amide bonds. The van der Waals surface area contributed by atoms with E-state index in [9.17, 15) is 35.9 Å². The third-order valence-corrected chi connectivity index (χ3v) is 1.64. The van der Waals surface area contributed by atoms with Crippen molar-refractivity contribution in [1.29, 1.82) is 0 Å². The maximum Gasteiger partial charge on any atom is 0.472 e. The van der Waals surface area contributed by atoms with E-state index in [1.807, 2.05) is 0 Å². The number of imide groups is 1. The number of hydrogen-bond donors (Lipinski definition) is 0. The molecule has 0 aliphatic carbocycles. The van der Waals surface area contributed by atoms with Gasteiger partial charge in [0.1, 0.15) is 0 Å². The normalized spacial score (nSPS) is 12.1. The Kier molecular flexibility index (Phi) is 3.77. The number of halogens is 6. The zero-order valence-electron chi connectivity index (χ0n) is 8.66. The molecule has 19 heavy (non-hydrogen) atoms. The van der Waals surface area contributed by atoms with Crippen LogP contribution in [0, 0.1) is 0 Å². The maximum absolute atomic E-state index is 12.2. The number of anilines is 1. The van der Waals surface area contributed by atoms with Gasteiger partial charge in [0, 0.05) is 12.4 Å². The first-order valence-electron chi connectivity index (χ1n) is 4.34. The minimum atomic E-state index is -5.68. The Morgan fingerprint density at radius 3 is 1.58 bits per heavy atom. The van der Waals surface area contributed by atoms with Crippen molar-refractivity contribution in [3.8, 4) is 0 Å². The molecule has 0 fully saturated rings. The van der Waals surface area contributed by atoms with E-state index in [4.69, 9.17) is 0 Å². The van der Waals surface area contributed by atoms with Gasteiger partial charge in [-0.25, -0.2) is 14.9 Å². The number of rotatable bonds is 1. The fraction of sp³-hybridized carbons (Fsp3) is 0.250. The quantitative estimate of drug-likeness (QED) is 0.734. The molecule has 11 heteroatoms. The Morgan fingerprint density at radius 1 is 0.895 bits per heavy atom. The zero-order valence-corrected chi connectivity index (χ0v) is 8.66. The van der Waals surface area contributed by atoms with E-state index < -0.39 is 35.0 Å². The highest BCUT2D eigenvalue weighted by molar-refractivity contribution is 6.17. The molecule has 0 aliphatic heterocycles. The number of carbonyl (C=O) groups excluding carboxylic acids is 2. The van der Waals surface area contributed by atoms with E-state index in [1.54, 1.807) is 0 Å². The summed E-state index contributed by atoms with van der Waals surface area (Å²) in [6.45, 7) is 0. The van der Waals surface area contributed by atoms with Crippen LogP contribution in [0.4, 0.5) is 32.3 Å². The van der Waals surface area contributed by atoms with Crippen LogP contribution in [0.3, 0.4) is 0 Å². The molecule has 1 heterocycles. The summed E-state index contributed by atoms with van der Waals surface area (Å²) in [5.41, 5.74) is 0. The number of carbonyl (C=O) groups is 2. The van der Waals surface area contributed by atoms with Crippen LogP contribution in [0.2, 0.25) is 0 Å². The minimum absolute atomic E-state index is 0.780. The van der Waals surface area contributed by atoms with Gasteiger partial charge in [-0.05, 0) is 6.07 Å². The SMILES string of the molecule is O=C(N(C(=O)C(F)(F)F)c1ncccn1)C(F)(F)F.